The van der Waals surface area contributed by atoms with Crippen LogP contribution in [0.1, 0.15) is 34.5 Å². The molecule has 3 aromatic rings. The molecule has 2 amide bonds. The van der Waals surface area contributed by atoms with E-state index in [0.717, 1.165) is 16.9 Å². The summed E-state index contributed by atoms with van der Waals surface area (Å²) in [6.07, 6.45) is 3.06. The molecule has 0 aromatic heterocycles. The quantitative estimate of drug-likeness (QED) is 0.352. The third-order valence-electron chi connectivity index (χ3n) is 4.85. The van der Waals surface area contributed by atoms with Crippen molar-refractivity contribution >= 4 is 40.9 Å². The Morgan fingerprint density at radius 3 is 2.30 bits per heavy atom. The van der Waals surface area contributed by atoms with Crippen molar-refractivity contribution in [2.75, 3.05) is 12.4 Å². The van der Waals surface area contributed by atoms with Gasteiger partial charge in [-0.3, -0.25) is 14.9 Å². The van der Waals surface area contributed by atoms with Crippen molar-refractivity contribution in [3.8, 4) is 5.75 Å². The van der Waals surface area contributed by atoms with Gasteiger partial charge in [-0.15, -0.1) is 0 Å². The average Bonchev–Trinajstić information content (AvgIpc) is 2.83. The maximum absolute atomic E-state index is 12.9. The minimum Gasteiger partial charge on any atom is -0.497 e. The number of para-hydroxylation sites is 1. The van der Waals surface area contributed by atoms with E-state index in [2.05, 4.69) is 16.0 Å². The van der Waals surface area contributed by atoms with Gasteiger partial charge in [-0.1, -0.05) is 54.6 Å². The lowest BCUT2D eigenvalue weighted by Crippen LogP contribution is -2.34. The number of hydrogen-bond acceptors (Lipinski definition) is 4. The number of benzene rings is 3. The number of carbonyl (C=O) groups is 2. The first-order valence-electron chi connectivity index (χ1n) is 10.3. The lowest BCUT2D eigenvalue weighted by Gasteiger charge is -2.17. The summed E-state index contributed by atoms with van der Waals surface area (Å²) in [4.78, 5) is 25.1. The van der Waals surface area contributed by atoms with E-state index in [9.17, 15) is 9.59 Å². The predicted molar refractivity (Wildman–Crippen MR) is 135 cm³/mol. The van der Waals surface area contributed by atoms with Crippen LogP contribution < -0.4 is 20.7 Å². The Morgan fingerprint density at radius 1 is 0.939 bits per heavy atom. The molecule has 1 unspecified atom stereocenters. The van der Waals surface area contributed by atoms with E-state index in [0.29, 0.717) is 11.3 Å². The topological polar surface area (TPSA) is 79.5 Å². The van der Waals surface area contributed by atoms with Gasteiger partial charge in [0.2, 0.25) is 5.91 Å². The van der Waals surface area contributed by atoms with Gasteiger partial charge in [0.1, 0.15) is 5.75 Å². The summed E-state index contributed by atoms with van der Waals surface area (Å²) in [5.41, 5.74) is 2.77. The molecule has 168 valence electrons. The predicted octanol–water partition coefficient (Wildman–Crippen LogP) is 4.71. The van der Waals surface area contributed by atoms with Gasteiger partial charge in [-0.25, -0.2) is 0 Å². The van der Waals surface area contributed by atoms with Gasteiger partial charge in [-0.05, 0) is 60.6 Å². The molecule has 0 aliphatic heterocycles. The van der Waals surface area contributed by atoms with Crippen LogP contribution in [0.2, 0.25) is 0 Å². The molecule has 0 fully saturated rings. The van der Waals surface area contributed by atoms with Gasteiger partial charge in [0.25, 0.3) is 5.91 Å². The fourth-order valence-electron chi connectivity index (χ4n) is 3.08. The van der Waals surface area contributed by atoms with Crippen LogP contribution in [0.5, 0.6) is 5.75 Å². The highest BCUT2D eigenvalue weighted by Gasteiger charge is 2.15. The molecule has 0 radical (unpaired) electrons. The second-order valence-corrected chi connectivity index (χ2v) is 7.61. The van der Waals surface area contributed by atoms with Crippen LogP contribution in [0.15, 0.2) is 84.9 Å². The summed E-state index contributed by atoms with van der Waals surface area (Å²) in [6, 6.07) is 23.8. The summed E-state index contributed by atoms with van der Waals surface area (Å²) in [6.45, 7) is 1.92. The lowest BCUT2D eigenvalue weighted by atomic mass is 10.1. The van der Waals surface area contributed by atoms with Crippen molar-refractivity contribution in [2.45, 2.75) is 13.0 Å². The molecule has 7 heteroatoms. The second kappa shape index (κ2) is 11.6. The molecule has 0 heterocycles. The maximum atomic E-state index is 12.9. The van der Waals surface area contributed by atoms with Crippen LogP contribution in [0.3, 0.4) is 0 Å². The van der Waals surface area contributed by atoms with E-state index in [-0.39, 0.29) is 23.0 Å². The smallest absolute Gasteiger partial charge is 0.253 e. The van der Waals surface area contributed by atoms with Crippen molar-refractivity contribution in [1.29, 1.82) is 0 Å². The molecule has 1 atom stereocenters. The first-order valence-corrected chi connectivity index (χ1v) is 10.8. The highest BCUT2D eigenvalue weighted by atomic mass is 32.1. The molecule has 0 bridgehead atoms. The average molecular weight is 460 g/mol. The summed E-state index contributed by atoms with van der Waals surface area (Å²) >= 11 is 5.26. The molecule has 0 aliphatic carbocycles. The number of methoxy groups -OCH3 is 1. The zero-order valence-corrected chi connectivity index (χ0v) is 19.2. The Labute approximate surface area is 198 Å². The SMILES string of the molecule is COc1ccc(/C=C/C(=O)NC(=S)Nc2ccccc2C(=O)NC(C)c2ccccc2)cc1. The first-order chi connectivity index (χ1) is 16.0. The van der Waals surface area contributed by atoms with Crippen molar-refractivity contribution in [3.05, 3.63) is 102 Å². The van der Waals surface area contributed by atoms with Crippen LogP contribution in [-0.4, -0.2) is 24.0 Å². The molecule has 3 aromatic carbocycles. The lowest BCUT2D eigenvalue weighted by molar-refractivity contribution is -0.115. The maximum Gasteiger partial charge on any atom is 0.253 e. The van der Waals surface area contributed by atoms with Crippen LogP contribution >= 0.6 is 12.2 Å². The van der Waals surface area contributed by atoms with Gasteiger partial charge >= 0.3 is 0 Å². The zero-order valence-electron chi connectivity index (χ0n) is 18.4. The van der Waals surface area contributed by atoms with Crippen LogP contribution in [0, 0.1) is 0 Å². The van der Waals surface area contributed by atoms with Crippen molar-refractivity contribution < 1.29 is 14.3 Å². The molecule has 33 heavy (non-hydrogen) atoms. The number of anilines is 1. The Kier molecular flexibility index (Phi) is 8.32. The molecule has 3 N–H and O–H groups in total. The summed E-state index contributed by atoms with van der Waals surface area (Å²) in [5.74, 6) is 0.105. The number of hydrogen-bond donors (Lipinski definition) is 3. The number of rotatable bonds is 7. The van der Waals surface area contributed by atoms with E-state index < -0.39 is 0 Å². The minimum absolute atomic E-state index is 0.0933. The minimum atomic E-state index is -0.386. The Hall–Kier alpha value is -3.97. The second-order valence-electron chi connectivity index (χ2n) is 7.20. The molecular formula is C26H25N3O3S. The molecule has 6 nitrogen and oxygen atoms in total. The normalized spacial score (nSPS) is 11.5. The summed E-state index contributed by atoms with van der Waals surface area (Å²) < 4.78 is 5.12. The number of thiocarbonyl (C=S) groups is 1. The molecule has 0 saturated carbocycles. The van der Waals surface area contributed by atoms with Crippen molar-refractivity contribution in [2.24, 2.45) is 0 Å². The Bertz CT molecular complexity index is 1140. The van der Waals surface area contributed by atoms with Crippen LogP contribution in [-0.2, 0) is 4.79 Å². The standard InChI is InChI=1S/C26H25N3O3S/c1-18(20-8-4-3-5-9-20)27-25(31)22-10-6-7-11-23(22)28-26(33)29-24(30)17-14-19-12-15-21(32-2)16-13-19/h3-18H,1-2H3,(H,27,31)(H2,28,29,30,33)/b17-14+. The fraction of sp³-hybridized carbons (Fsp3) is 0.115. The summed E-state index contributed by atoms with van der Waals surface area (Å²) in [5, 5.41) is 8.61. The molecular weight excluding hydrogens is 434 g/mol. The monoisotopic (exact) mass is 459 g/mol. The van der Waals surface area contributed by atoms with Gasteiger partial charge in [0.05, 0.1) is 24.4 Å². The highest BCUT2D eigenvalue weighted by Crippen LogP contribution is 2.18. The van der Waals surface area contributed by atoms with Gasteiger partial charge in [-0.2, -0.15) is 0 Å². The third kappa shape index (κ3) is 7.02. The van der Waals surface area contributed by atoms with Gasteiger partial charge < -0.3 is 15.4 Å². The van der Waals surface area contributed by atoms with Crippen molar-refractivity contribution in [1.82, 2.24) is 10.6 Å². The summed E-state index contributed by atoms with van der Waals surface area (Å²) in [7, 11) is 1.60. The first kappa shape index (κ1) is 23.7. The number of ether oxygens (including phenoxy) is 1. The van der Waals surface area contributed by atoms with E-state index >= 15 is 0 Å². The third-order valence-corrected chi connectivity index (χ3v) is 5.05. The number of carbonyl (C=O) groups excluding carboxylic acids is 2. The van der Waals surface area contributed by atoms with E-state index in [1.807, 2.05) is 61.5 Å². The van der Waals surface area contributed by atoms with Gasteiger partial charge in [0.15, 0.2) is 5.11 Å². The Balaban J connectivity index is 1.60. The number of amides is 2. The highest BCUT2D eigenvalue weighted by molar-refractivity contribution is 7.80. The number of nitrogens with one attached hydrogen (secondary N) is 3. The molecule has 3 rings (SSSR count). The largest absolute Gasteiger partial charge is 0.497 e. The van der Waals surface area contributed by atoms with E-state index in [4.69, 9.17) is 17.0 Å². The Morgan fingerprint density at radius 2 is 1.61 bits per heavy atom. The molecule has 0 aliphatic rings. The fourth-order valence-corrected chi connectivity index (χ4v) is 3.29. The van der Waals surface area contributed by atoms with E-state index in [1.165, 1.54) is 6.08 Å². The zero-order chi connectivity index (χ0) is 23.6. The van der Waals surface area contributed by atoms with Crippen LogP contribution in [0.4, 0.5) is 5.69 Å². The molecule has 0 spiro atoms. The van der Waals surface area contributed by atoms with Crippen molar-refractivity contribution in [3.63, 3.8) is 0 Å². The van der Waals surface area contributed by atoms with E-state index in [1.54, 1.807) is 37.5 Å². The van der Waals surface area contributed by atoms with Gasteiger partial charge in [0, 0.05) is 6.08 Å². The van der Waals surface area contributed by atoms with Crippen LogP contribution in [0.25, 0.3) is 6.08 Å². The molecule has 0 saturated heterocycles.